The van der Waals surface area contributed by atoms with Crippen molar-refractivity contribution in [3.8, 4) is 0 Å². The summed E-state index contributed by atoms with van der Waals surface area (Å²) in [5.74, 6) is -4.02. The Bertz CT molecular complexity index is 1520. The third-order valence-corrected chi connectivity index (χ3v) is 12.2. The van der Waals surface area contributed by atoms with Gasteiger partial charge in [-0.3, -0.25) is 24.0 Å². The predicted molar refractivity (Wildman–Crippen MR) is 227 cm³/mol. The van der Waals surface area contributed by atoms with Gasteiger partial charge in [0.2, 0.25) is 29.5 Å². The van der Waals surface area contributed by atoms with Crippen molar-refractivity contribution in [3.63, 3.8) is 0 Å². The zero-order valence-corrected chi connectivity index (χ0v) is 37.5. The number of rotatable bonds is 25. The summed E-state index contributed by atoms with van der Waals surface area (Å²) in [7, 11) is 6.26. The van der Waals surface area contributed by atoms with Crippen molar-refractivity contribution in [2.45, 2.75) is 148 Å². The van der Waals surface area contributed by atoms with Gasteiger partial charge in [0.15, 0.2) is 0 Å². The number of carbonyl (C=O) groups is 6. The number of likely N-dealkylation sites (N-methyl/N-ethyl adjacent to an activating group) is 2. The second-order valence-corrected chi connectivity index (χ2v) is 17.0. The van der Waals surface area contributed by atoms with Gasteiger partial charge in [-0.05, 0) is 63.5 Å². The maximum absolute atomic E-state index is 14.4. The standard InChI is InChI=1S/C44H74N6O9/c1-12-29(4)38(48(8)41(54)37(28(2)3)47-43(57)44(6,7)49(9)35(51)23-17-14-18-24-45)34(58-10)27-36(52)50-25-19-22-33(50)39(59-11)30(5)40(53)46-32(42(55)56)26-31-20-15-13-16-21-31/h13,15-16,20-21,28-30,32-34,37-39H,12,14,17-19,22-27,45H2,1-11H3,(H,46,53)(H,47,57)(H,55,56)/t29-,30+,32-,33-,34+,37-,38-,39+/m0/s1. The van der Waals surface area contributed by atoms with Crippen LogP contribution in [0.3, 0.4) is 0 Å². The molecule has 0 radical (unpaired) electrons. The molecular formula is C44H74N6O9. The Morgan fingerprint density at radius 2 is 1.61 bits per heavy atom. The van der Waals surface area contributed by atoms with Gasteiger partial charge in [0, 0.05) is 47.7 Å². The SMILES string of the molecule is CC[C@H](C)[C@@H]([C@@H](CC(=O)N1CCC[C@H]1[C@H](OC)[C@@H](C)C(=O)N[C@@H](Cc1ccccc1)C(=O)O)OC)N(C)C(=O)[C@@H](NC(=O)C(C)(C)N(C)C(=O)CCCCCN)C(C)C. The highest BCUT2D eigenvalue weighted by Crippen LogP contribution is 2.30. The van der Waals surface area contributed by atoms with Crippen LogP contribution >= 0.6 is 0 Å². The average Bonchev–Trinajstić information content (AvgIpc) is 3.70. The fraction of sp³-hybridized carbons (Fsp3) is 0.727. The van der Waals surface area contributed by atoms with Crippen LogP contribution in [-0.4, -0.2) is 139 Å². The van der Waals surface area contributed by atoms with Crippen LogP contribution in [0.15, 0.2) is 30.3 Å². The van der Waals surface area contributed by atoms with Gasteiger partial charge in [0.1, 0.15) is 17.6 Å². The summed E-state index contributed by atoms with van der Waals surface area (Å²) in [5, 5.41) is 15.5. The van der Waals surface area contributed by atoms with E-state index in [1.165, 1.54) is 19.1 Å². The zero-order chi connectivity index (χ0) is 44.6. The zero-order valence-electron chi connectivity index (χ0n) is 37.5. The Morgan fingerprint density at radius 3 is 2.15 bits per heavy atom. The summed E-state index contributed by atoms with van der Waals surface area (Å²) in [5.41, 5.74) is 5.12. The van der Waals surface area contributed by atoms with Crippen molar-refractivity contribution in [2.24, 2.45) is 23.5 Å². The molecule has 0 spiro atoms. The van der Waals surface area contributed by atoms with Crippen molar-refractivity contribution in [2.75, 3.05) is 41.4 Å². The number of nitrogens with two attached hydrogens (primary N) is 1. The normalized spacial score (nSPS) is 17.9. The van der Waals surface area contributed by atoms with E-state index in [0.717, 1.165) is 18.4 Å². The van der Waals surface area contributed by atoms with Crippen LogP contribution in [0.1, 0.15) is 105 Å². The van der Waals surface area contributed by atoms with Gasteiger partial charge in [0.05, 0.1) is 36.6 Å². The van der Waals surface area contributed by atoms with E-state index in [9.17, 15) is 33.9 Å². The van der Waals surface area contributed by atoms with E-state index in [4.69, 9.17) is 15.2 Å². The molecule has 334 valence electrons. The van der Waals surface area contributed by atoms with E-state index in [-0.39, 0.29) is 48.8 Å². The minimum atomic E-state index is -1.24. The number of nitrogens with zero attached hydrogens (tertiary/aromatic N) is 3. The molecular weight excluding hydrogens is 757 g/mol. The number of nitrogens with one attached hydrogen (secondary N) is 2. The average molecular weight is 831 g/mol. The first-order valence-corrected chi connectivity index (χ1v) is 21.2. The van der Waals surface area contributed by atoms with Crippen molar-refractivity contribution in [1.82, 2.24) is 25.3 Å². The molecule has 8 atom stereocenters. The molecule has 15 nitrogen and oxygen atoms in total. The second-order valence-electron chi connectivity index (χ2n) is 17.0. The second kappa shape index (κ2) is 24.2. The lowest BCUT2D eigenvalue weighted by atomic mass is 9.89. The molecule has 1 aliphatic heterocycles. The molecule has 0 aromatic heterocycles. The quantitative estimate of drug-likeness (QED) is 0.106. The maximum Gasteiger partial charge on any atom is 0.326 e. The van der Waals surface area contributed by atoms with E-state index < -0.39 is 65.6 Å². The van der Waals surface area contributed by atoms with Gasteiger partial charge in [-0.15, -0.1) is 0 Å². The largest absolute Gasteiger partial charge is 0.480 e. The van der Waals surface area contributed by atoms with Gasteiger partial charge < -0.3 is 45.6 Å². The number of likely N-dealkylation sites (tertiary alicyclic amines) is 1. The Balaban J connectivity index is 2.26. The lowest BCUT2D eigenvalue weighted by Crippen LogP contribution is -2.62. The number of methoxy groups -OCH3 is 2. The van der Waals surface area contributed by atoms with Crippen LogP contribution in [-0.2, 0) is 44.7 Å². The minimum Gasteiger partial charge on any atom is -0.480 e. The van der Waals surface area contributed by atoms with Crippen LogP contribution in [0.25, 0.3) is 0 Å². The first-order chi connectivity index (χ1) is 27.8. The van der Waals surface area contributed by atoms with E-state index in [1.807, 2.05) is 45.9 Å². The Hall–Kier alpha value is -4.08. The van der Waals surface area contributed by atoms with E-state index in [0.29, 0.717) is 38.8 Å². The fourth-order valence-electron chi connectivity index (χ4n) is 7.94. The maximum atomic E-state index is 14.4. The summed E-state index contributed by atoms with van der Waals surface area (Å²) in [6.07, 6.45) is 3.17. The molecule has 1 heterocycles. The minimum absolute atomic E-state index is 0.0568. The molecule has 2 rings (SSSR count). The van der Waals surface area contributed by atoms with Crippen LogP contribution in [0.5, 0.6) is 0 Å². The third-order valence-electron chi connectivity index (χ3n) is 12.2. The molecule has 15 heteroatoms. The summed E-state index contributed by atoms with van der Waals surface area (Å²) in [4.78, 5) is 85.8. The molecule has 0 bridgehead atoms. The molecule has 0 unspecified atom stereocenters. The molecule has 59 heavy (non-hydrogen) atoms. The summed E-state index contributed by atoms with van der Waals surface area (Å²) in [6.45, 7) is 13.7. The Kier molecular flexibility index (Phi) is 21.0. The number of carboxylic acids is 1. The topological polar surface area (TPSA) is 201 Å². The van der Waals surface area contributed by atoms with Crippen LogP contribution < -0.4 is 16.4 Å². The van der Waals surface area contributed by atoms with Crippen molar-refractivity contribution in [3.05, 3.63) is 35.9 Å². The Morgan fingerprint density at radius 1 is 0.966 bits per heavy atom. The highest BCUT2D eigenvalue weighted by Gasteiger charge is 2.44. The molecule has 1 aliphatic rings. The van der Waals surface area contributed by atoms with Gasteiger partial charge >= 0.3 is 5.97 Å². The number of hydrogen-bond donors (Lipinski definition) is 4. The van der Waals surface area contributed by atoms with Gasteiger partial charge in [-0.2, -0.15) is 0 Å². The van der Waals surface area contributed by atoms with Crippen LogP contribution in [0, 0.1) is 17.8 Å². The molecule has 0 saturated carbocycles. The number of carboxylic acid groups (broad SMARTS) is 1. The molecule has 1 saturated heterocycles. The van der Waals surface area contributed by atoms with E-state index in [2.05, 4.69) is 10.6 Å². The molecule has 0 aliphatic carbocycles. The number of unbranched alkanes of at least 4 members (excludes halogenated alkanes) is 2. The number of ether oxygens (including phenoxy) is 2. The van der Waals surface area contributed by atoms with E-state index in [1.54, 1.807) is 56.8 Å². The summed E-state index contributed by atoms with van der Waals surface area (Å²) < 4.78 is 11.9. The van der Waals surface area contributed by atoms with Crippen LogP contribution in [0.4, 0.5) is 0 Å². The molecule has 1 aromatic rings. The number of amides is 5. The molecule has 1 fully saturated rings. The number of hydrogen-bond acceptors (Lipinski definition) is 9. The highest BCUT2D eigenvalue weighted by molar-refractivity contribution is 5.94. The van der Waals surface area contributed by atoms with Gasteiger partial charge in [-0.1, -0.05) is 77.8 Å². The van der Waals surface area contributed by atoms with Crippen molar-refractivity contribution in [1.29, 1.82) is 0 Å². The highest BCUT2D eigenvalue weighted by atomic mass is 16.5. The molecule has 1 aromatic carbocycles. The van der Waals surface area contributed by atoms with Gasteiger partial charge in [0.25, 0.3) is 0 Å². The summed E-state index contributed by atoms with van der Waals surface area (Å²) >= 11 is 0. The number of benzene rings is 1. The Labute approximate surface area is 352 Å². The van der Waals surface area contributed by atoms with E-state index >= 15 is 0 Å². The monoisotopic (exact) mass is 831 g/mol. The lowest BCUT2D eigenvalue weighted by molar-refractivity contribution is -0.150. The van der Waals surface area contributed by atoms with Gasteiger partial charge in [-0.25, -0.2) is 4.79 Å². The lowest BCUT2D eigenvalue weighted by Gasteiger charge is -2.41. The van der Waals surface area contributed by atoms with Crippen molar-refractivity contribution < 1.29 is 43.3 Å². The van der Waals surface area contributed by atoms with Crippen molar-refractivity contribution >= 4 is 35.5 Å². The smallest absolute Gasteiger partial charge is 0.326 e. The molecule has 5 N–H and O–H groups in total. The number of aliphatic carboxylic acids is 1. The number of carbonyl (C=O) groups excluding carboxylic acids is 5. The van der Waals surface area contributed by atoms with Crippen LogP contribution in [0.2, 0.25) is 0 Å². The summed E-state index contributed by atoms with van der Waals surface area (Å²) in [6, 6.07) is 5.99. The first-order valence-electron chi connectivity index (χ1n) is 21.2. The first kappa shape index (κ1) is 51.1. The molecule has 5 amide bonds. The predicted octanol–water partition coefficient (Wildman–Crippen LogP) is 3.62. The fourth-order valence-corrected chi connectivity index (χ4v) is 7.94. The third kappa shape index (κ3) is 14.0.